The van der Waals surface area contributed by atoms with Crippen LogP contribution in [-0.2, 0) is 9.59 Å². The van der Waals surface area contributed by atoms with Gasteiger partial charge in [0.25, 0.3) is 11.7 Å². The summed E-state index contributed by atoms with van der Waals surface area (Å²) in [5, 5.41) is 11.7. The van der Waals surface area contributed by atoms with Gasteiger partial charge in [-0.2, -0.15) is 0 Å². The lowest BCUT2D eigenvalue weighted by Crippen LogP contribution is -2.29. The fourth-order valence-corrected chi connectivity index (χ4v) is 4.35. The topological polar surface area (TPSA) is 85.3 Å². The van der Waals surface area contributed by atoms with Crippen molar-refractivity contribution in [1.82, 2.24) is 0 Å². The fraction of sp³-hybridized carbons (Fsp3) is 0.185. The number of halogens is 1. The van der Waals surface area contributed by atoms with Crippen molar-refractivity contribution in [2.24, 2.45) is 0 Å². The van der Waals surface area contributed by atoms with Crippen LogP contribution in [-0.4, -0.2) is 38.1 Å². The van der Waals surface area contributed by atoms with Crippen LogP contribution in [0.25, 0.3) is 5.76 Å². The predicted octanol–water partition coefficient (Wildman–Crippen LogP) is 5.30. The standard InChI is InChI=1S/C27H24ClNO6/c1-15-8-10-17(11-9-15)29-24(16-6-5-7-18(12-16)33-2)23(26(31)27(29)32)25(30)19-13-22(35-4)20(28)14-21(19)34-3/h5-14,24,30H,1-4H3/b25-23+. The molecule has 1 aliphatic rings. The summed E-state index contributed by atoms with van der Waals surface area (Å²) in [6.07, 6.45) is 0. The zero-order valence-corrected chi connectivity index (χ0v) is 20.4. The second kappa shape index (κ2) is 9.72. The lowest BCUT2D eigenvalue weighted by molar-refractivity contribution is -0.132. The van der Waals surface area contributed by atoms with Gasteiger partial charge < -0.3 is 19.3 Å². The third-order valence-electron chi connectivity index (χ3n) is 5.90. The lowest BCUT2D eigenvalue weighted by Gasteiger charge is -2.26. The van der Waals surface area contributed by atoms with E-state index in [9.17, 15) is 14.7 Å². The van der Waals surface area contributed by atoms with Crippen LogP contribution in [0.1, 0.15) is 22.7 Å². The number of amides is 1. The Morgan fingerprint density at radius 2 is 1.60 bits per heavy atom. The van der Waals surface area contributed by atoms with Gasteiger partial charge in [0.2, 0.25) is 0 Å². The van der Waals surface area contributed by atoms with Crippen LogP contribution in [0.5, 0.6) is 17.2 Å². The fourth-order valence-electron chi connectivity index (χ4n) is 4.12. The highest BCUT2D eigenvalue weighted by Gasteiger charge is 2.47. The van der Waals surface area contributed by atoms with E-state index in [0.717, 1.165) is 5.56 Å². The number of methoxy groups -OCH3 is 3. The number of carbonyl (C=O) groups excluding carboxylic acids is 2. The molecule has 1 fully saturated rings. The van der Waals surface area contributed by atoms with Gasteiger partial charge in [-0.25, -0.2) is 0 Å². The number of carbonyl (C=O) groups is 2. The zero-order valence-electron chi connectivity index (χ0n) is 19.7. The van der Waals surface area contributed by atoms with E-state index in [1.54, 1.807) is 36.4 Å². The summed E-state index contributed by atoms with van der Waals surface area (Å²) < 4.78 is 16.1. The first-order chi connectivity index (χ1) is 16.8. The van der Waals surface area contributed by atoms with Crippen LogP contribution in [0, 0.1) is 6.92 Å². The van der Waals surface area contributed by atoms with Crippen LogP contribution < -0.4 is 19.1 Å². The van der Waals surface area contributed by atoms with Crippen molar-refractivity contribution in [3.05, 3.63) is 87.9 Å². The number of anilines is 1. The third-order valence-corrected chi connectivity index (χ3v) is 6.19. The molecular formula is C27H24ClNO6. The van der Waals surface area contributed by atoms with Gasteiger partial charge in [0, 0.05) is 11.8 Å². The number of Topliss-reactive ketones (excluding diaryl/α,β-unsaturated/α-hetero) is 1. The van der Waals surface area contributed by atoms with Gasteiger partial charge in [-0.3, -0.25) is 14.5 Å². The molecule has 0 aliphatic carbocycles. The number of rotatable bonds is 6. The third kappa shape index (κ3) is 4.31. The van der Waals surface area contributed by atoms with E-state index in [-0.39, 0.29) is 27.7 Å². The van der Waals surface area contributed by atoms with Gasteiger partial charge in [-0.1, -0.05) is 41.4 Å². The summed E-state index contributed by atoms with van der Waals surface area (Å²) in [5.74, 6) is -0.950. The summed E-state index contributed by atoms with van der Waals surface area (Å²) in [6.45, 7) is 1.93. The van der Waals surface area contributed by atoms with Crippen molar-refractivity contribution in [1.29, 1.82) is 0 Å². The molecule has 0 bridgehead atoms. The summed E-state index contributed by atoms with van der Waals surface area (Å²) in [4.78, 5) is 28.1. The van der Waals surface area contributed by atoms with Gasteiger partial charge in [-0.05, 0) is 42.8 Å². The van der Waals surface area contributed by atoms with E-state index < -0.39 is 23.5 Å². The van der Waals surface area contributed by atoms with Gasteiger partial charge in [0.1, 0.15) is 23.0 Å². The molecule has 1 N–H and O–H groups in total. The number of aliphatic hydroxyl groups is 1. The van der Waals surface area contributed by atoms with E-state index in [1.807, 2.05) is 19.1 Å². The van der Waals surface area contributed by atoms with Crippen LogP contribution >= 0.6 is 11.6 Å². The van der Waals surface area contributed by atoms with Crippen molar-refractivity contribution < 1.29 is 28.9 Å². The molecule has 180 valence electrons. The van der Waals surface area contributed by atoms with E-state index in [1.165, 1.54) is 38.4 Å². The molecule has 1 aliphatic heterocycles. The minimum atomic E-state index is -0.917. The Morgan fingerprint density at radius 1 is 0.914 bits per heavy atom. The average molecular weight is 494 g/mol. The maximum Gasteiger partial charge on any atom is 0.300 e. The highest BCUT2D eigenvalue weighted by molar-refractivity contribution is 6.51. The number of benzene rings is 3. The average Bonchev–Trinajstić information content (AvgIpc) is 3.14. The van der Waals surface area contributed by atoms with E-state index >= 15 is 0 Å². The molecule has 0 radical (unpaired) electrons. The molecule has 1 unspecified atom stereocenters. The van der Waals surface area contributed by atoms with Crippen molar-refractivity contribution in [3.8, 4) is 17.2 Å². The highest BCUT2D eigenvalue weighted by Crippen LogP contribution is 2.45. The minimum absolute atomic E-state index is 0.0912. The monoisotopic (exact) mass is 493 g/mol. The van der Waals surface area contributed by atoms with Gasteiger partial charge in [0.15, 0.2) is 0 Å². The van der Waals surface area contributed by atoms with Crippen molar-refractivity contribution in [3.63, 3.8) is 0 Å². The summed E-state index contributed by atoms with van der Waals surface area (Å²) >= 11 is 6.22. The Kier molecular flexibility index (Phi) is 6.71. The molecular weight excluding hydrogens is 470 g/mol. The smallest absolute Gasteiger partial charge is 0.300 e. The van der Waals surface area contributed by atoms with Crippen molar-refractivity contribution >= 4 is 34.7 Å². The molecule has 1 heterocycles. The van der Waals surface area contributed by atoms with Gasteiger partial charge >= 0.3 is 0 Å². The largest absolute Gasteiger partial charge is 0.507 e. The lowest BCUT2D eigenvalue weighted by atomic mass is 9.94. The summed E-state index contributed by atoms with van der Waals surface area (Å²) in [6, 6.07) is 16.3. The number of aryl methyl sites for hydroxylation is 1. The molecule has 35 heavy (non-hydrogen) atoms. The second-order valence-electron chi connectivity index (χ2n) is 7.97. The Morgan fingerprint density at radius 3 is 2.23 bits per heavy atom. The maximum atomic E-state index is 13.4. The predicted molar refractivity (Wildman–Crippen MR) is 134 cm³/mol. The molecule has 0 spiro atoms. The first-order valence-electron chi connectivity index (χ1n) is 10.7. The van der Waals surface area contributed by atoms with Gasteiger partial charge in [0.05, 0.1) is 43.5 Å². The number of hydrogen-bond donors (Lipinski definition) is 1. The molecule has 7 nitrogen and oxygen atoms in total. The number of nitrogens with zero attached hydrogens (tertiary/aromatic N) is 1. The quantitative estimate of drug-likeness (QED) is 0.285. The highest BCUT2D eigenvalue weighted by atomic mass is 35.5. The summed E-state index contributed by atoms with van der Waals surface area (Å²) in [5.41, 5.74) is 2.19. The molecule has 0 aromatic heterocycles. The number of hydrogen-bond acceptors (Lipinski definition) is 6. The van der Waals surface area contributed by atoms with Crippen LogP contribution in [0.15, 0.2) is 66.2 Å². The van der Waals surface area contributed by atoms with E-state index in [2.05, 4.69) is 0 Å². The first-order valence-corrected chi connectivity index (χ1v) is 11.1. The van der Waals surface area contributed by atoms with Crippen molar-refractivity contribution in [2.75, 3.05) is 26.2 Å². The Hall–Kier alpha value is -3.97. The Bertz CT molecular complexity index is 1330. The number of aliphatic hydroxyl groups excluding tert-OH is 1. The second-order valence-corrected chi connectivity index (χ2v) is 8.38. The zero-order chi connectivity index (χ0) is 25.3. The van der Waals surface area contributed by atoms with Crippen LogP contribution in [0.4, 0.5) is 5.69 Å². The normalized spacial score (nSPS) is 16.9. The van der Waals surface area contributed by atoms with Crippen LogP contribution in [0.2, 0.25) is 5.02 Å². The molecule has 3 aromatic rings. The number of ketones is 1. The van der Waals surface area contributed by atoms with Crippen LogP contribution in [0.3, 0.4) is 0 Å². The molecule has 8 heteroatoms. The summed E-state index contributed by atoms with van der Waals surface area (Å²) in [7, 11) is 4.38. The van der Waals surface area contributed by atoms with Gasteiger partial charge in [-0.15, -0.1) is 0 Å². The van der Waals surface area contributed by atoms with E-state index in [4.69, 9.17) is 25.8 Å². The molecule has 1 atom stereocenters. The Balaban J connectivity index is 2.00. The molecule has 0 saturated carbocycles. The Labute approximate surface area is 208 Å². The SMILES string of the molecule is COc1cccc(C2/C(=C(\O)c3cc(OC)c(Cl)cc3OC)C(=O)C(=O)N2c2ccc(C)cc2)c1. The minimum Gasteiger partial charge on any atom is -0.507 e. The molecule has 1 amide bonds. The maximum absolute atomic E-state index is 13.4. The first kappa shape index (κ1) is 24.2. The molecule has 1 saturated heterocycles. The molecule has 4 rings (SSSR count). The number of ether oxygens (including phenoxy) is 3. The van der Waals surface area contributed by atoms with E-state index in [0.29, 0.717) is 17.0 Å². The van der Waals surface area contributed by atoms with Crippen molar-refractivity contribution in [2.45, 2.75) is 13.0 Å². The molecule has 3 aromatic carbocycles.